The SMILES string of the molecule is Br.N#Cc1cc[n+](CC(=O)c2ccccc2[N+](=O)[O-])cc1. The van der Waals surface area contributed by atoms with Gasteiger partial charge in [0.25, 0.3) is 5.69 Å². The number of carbonyl (C=O) groups is 1. The van der Waals surface area contributed by atoms with Gasteiger partial charge in [-0.1, -0.05) is 12.1 Å². The maximum atomic E-state index is 12.1. The van der Waals surface area contributed by atoms with Gasteiger partial charge in [0.15, 0.2) is 12.4 Å². The average molecular weight is 349 g/mol. The van der Waals surface area contributed by atoms with Gasteiger partial charge in [0.05, 0.1) is 16.6 Å². The number of rotatable bonds is 4. The predicted octanol–water partition coefficient (Wildman–Crippen LogP) is 2.21. The summed E-state index contributed by atoms with van der Waals surface area (Å²) in [6.45, 7) is -0.0173. The molecule has 0 atom stereocenters. The van der Waals surface area contributed by atoms with Gasteiger partial charge in [0.1, 0.15) is 5.56 Å². The second kappa shape index (κ2) is 7.26. The number of Topliss-reactive ketones (excluding diaryl/α,β-unsaturated/α-hetero) is 1. The van der Waals surface area contributed by atoms with Crippen molar-refractivity contribution in [3.8, 4) is 6.07 Å². The maximum Gasteiger partial charge on any atom is 0.280 e. The molecule has 6 nitrogen and oxygen atoms in total. The van der Waals surface area contributed by atoms with Crippen LogP contribution in [-0.2, 0) is 6.54 Å². The highest BCUT2D eigenvalue weighted by Gasteiger charge is 2.21. The average Bonchev–Trinajstić information content (AvgIpc) is 2.48. The number of aromatic nitrogens is 1. The Kier molecular flexibility index (Phi) is 5.69. The van der Waals surface area contributed by atoms with Crippen LogP contribution < -0.4 is 4.57 Å². The molecule has 1 aromatic heterocycles. The Hall–Kier alpha value is -2.59. The Morgan fingerprint density at radius 3 is 2.43 bits per heavy atom. The first-order valence-electron chi connectivity index (χ1n) is 5.77. The Morgan fingerprint density at radius 2 is 1.86 bits per heavy atom. The van der Waals surface area contributed by atoms with Crippen LogP contribution in [0.15, 0.2) is 48.8 Å². The van der Waals surface area contributed by atoms with E-state index in [0.29, 0.717) is 5.56 Å². The Bertz CT molecular complexity index is 708. The van der Waals surface area contributed by atoms with Gasteiger partial charge in [-0.25, -0.2) is 0 Å². The highest BCUT2D eigenvalue weighted by Crippen LogP contribution is 2.18. The lowest BCUT2D eigenvalue weighted by atomic mass is 10.1. The van der Waals surface area contributed by atoms with Gasteiger partial charge in [0.2, 0.25) is 12.3 Å². The van der Waals surface area contributed by atoms with E-state index in [-0.39, 0.29) is 40.6 Å². The van der Waals surface area contributed by atoms with Crippen LogP contribution in [0.3, 0.4) is 0 Å². The van der Waals surface area contributed by atoms with Gasteiger partial charge in [-0.15, -0.1) is 17.0 Å². The molecule has 0 radical (unpaired) electrons. The zero-order valence-corrected chi connectivity index (χ0v) is 12.5. The highest BCUT2D eigenvalue weighted by atomic mass is 79.9. The fourth-order valence-corrected chi connectivity index (χ4v) is 1.76. The van der Waals surface area contributed by atoms with E-state index in [4.69, 9.17) is 5.26 Å². The third-order valence-electron chi connectivity index (χ3n) is 2.75. The molecule has 0 N–H and O–H groups in total. The van der Waals surface area contributed by atoms with Crippen molar-refractivity contribution in [3.05, 3.63) is 70.0 Å². The van der Waals surface area contributed by atoms with E-state index < -0.39 is 4.92 Å². The van der Waals surface area contributed by atoms with E-state index in [1.165, 1.54) is 18.2 Å². The van der Waals surface area contributed by atoms with Gasteiger partial charge in [-0.2, -0.15) is 9.83 Å². The molecule has 0 saturated heterocycles. The molecule has 0 amide bonds. The summed E-state index contributed by atoms with van der Waals surface area (Å²) in [4.78, 5) is 22.4. The van der Waals surface area contributed by atoms with E-state index >= 15 is 0 Å². The largest absolute Gasteiger partial charge is 0.287 e. The molecular formula is C14H11BrN3O3+. The second-order valence-electron chi connectivity index (χ2n) is 4.07. The van der Waals surface area contributed by atoms with Crippen LogP contribution in [-0.4, -0.2) is 10.7 Å². The number of nitro benzene ring substituents is 1. The summed E-state index contributed by atoms with van der Waals surface area (Å²) in [5.74, 6) is -0.355. The topological polar surface area (TPSA) is 87.9 Å². The van der Waals surface area contributed by atoms with Crippen LogP contribution in [0.1, 0.15) is 15.9 Å². The summed E-state index contributed by atoms with van der Waals surface area (Å²) in [5, 5.41) is 19.6. The van der Waals surface area contributed by atoms with Gasteiger partial charge < -0.3 is 0 Å². The van der Waals surface area contributed by atoms with Gasteiger partial charge in [-0.3, -0.25) is 14.9 Å². The Morgan fingerprint density at radius 1 is 1.24 bits per heavy atom. The standard InChI is InChI=1S/C14H10N3O3.BrH/c15-9-11-5-7-16(8-6-11)10-14(18)12-3-1-2-4-13(12)17(19)20;/h1-8H,10H2;1H/q+1;. The summed E-state index contributed by atoms with van der Waals surface area (Å²) in [6, 6.07) is 11.0. The highest BCUT2D eigenvalue weighted by molar-refractivity contribution is 8.93. The molecule has 0 fully saturated rings. The fraction of sp³-hybridized carbons (Fsp3) is 0.0714. The smallest absolute Gasteiger partial charge is 0.280 e. The molecule has 0 bridgehead atoms. The van der Waals surface area contributed by atoms with Crippen molar-refractivity contribution in [2.75, 3.05) is 0 Å². The van der Waals surface area contributed by atoms with Crippen molar-refractivity contribution >= 4 is 28.5 Å². The maximum absolute atomic E-state index is 12.1. The lowest BCUT2D eigenvalue weighted by Gasteiger charge is -2.00. The van der Waals surface area contributed by atoms with E-state index in [2.05, 4.69) is 0 Å². The third kappa shape index (κ3) is 3.94. The molecular weight excluding hydrogens is 338 g/mol. The van der Waals surface area contributed by atoms with Crippen molar-refractivity contribution < 1.29 is 14.3 Å². The minimum atomic E-state index is -0.573. The Labute approximate surface area is 131 Å². The third-order valence-corrected chi connectivity index (χ3v) is 2.75. The van der Waals surface area contributed by atoms with Crippen molar-refractivity contribution in [3.63, 3.8) is 0 Å². The second-order valence-corrected chi connectivity index (χ2v) is 4.07. The number of nitriles is 1. The van der Waals surface area contributed by atoms with E-state index in [1.54, 1.807) is 35.2 Å². The van der Waals surface area contributed by atoms with E-state index in [0.717, 1.165) is 0 Å². The number of para-hydroxylation sites is 1. The molecule has 106 valence electrons. The number of ketones is 1. The quantitative estimate of drug-likeness (QED) is 0.366. The van der Waals surface area contributed by atoms with E-state index in [9.17, 15) is 14.9 Å². The summed E-state index contributed by atoms with van der Waals surface area (Å²) < 4.78 is 1.57. The van der Waals surface area contributed by atoms with Crippen molar-refractivity contribution in [2.24, 2.45) is 0 Å². The minimum Gasteiger partial charge on any atom is -0.287 e. The zero-order valence-electron chi connectivity index (χ0n) is 10.8. The summed E-state index contributed by atoms with van der Waals surface area (Å²) in [6.07, 6.45) is 3.18. The van der Waals surface area contributed by atoms with Crippen LogP contribution in [0, 0.1) is 21.4 Å². The molecule has 2 rings (SSSR count). The normalized spacial score (nSPS) is 9.29. The molecule has 0 aliphatic carbocycles. The number of halogens is 1. The van der Waals surface area contributed by atoms with Crippen molar-refractivity contribution in [1.82, 2.24) is 0 Å². The lowest BCUT2D eigenvalue weighted by Crippen LogP contribution is -2.37. The number of hydrogen-bond acceptors (Lipinski definition) is 4. The first-order chi connectivity index (χ1) is 9.61. The van der Waals surface area contributed by atoms with Crippen LogP contribution in [0.5, 0.6) is 0 Å². The fourth-order valence-electron chi connectivity index (χ4n) is 1.76. The number of carbonyl (C=O) groups excluding carboxylic acids is 1. The molecule has 1 heterocycles. The van der Waals surface area contributed by atoms with E-state index in [1.807, 2.05) is 6.07 Å². The monoisotopic (exact) mass is 348 g/mol. The Balaban J connectivity index is 0.00000220. The summed E-state index contributed by atoms with van der Waals surface area (Å²) in [5.41, 5.74) is 0.362. The van der Waals surface area contributed by atoms with Crippen molar-refractivity contribution in [2.45, 2.75) is 6.54 Å². The molecule has 0 aliphatic rings. The molecule has 0 saturated carbocycles. The zero-order chi connectivity index (χ0) is 14.5. The number of benzene rings is 1. The molecule has 0 spiro atoms. The van der Waals surface area contributed by atoms with Gasteiger partial charge in [0, 0.05) is 18.2 Å². The summed E-state index contributed by atoms with van der Waals surface area (Å²) in [7, 11) is 0. The van der Waals surface area contributed by atoms with Crippen LogP contribution >= 0.6 is 17.0 Å². The number of hydrogen-bond donors (Lipinski definition) is 0. The molecule has 1 aromatic carbocycles. The molecule has 0 aliphatic heterocycles. The molecule has 0 unspecified atom stereocenters. The first kappa shape index (κ1) is 16.5. The molecule has 2 aromatic rings. The molecule has 7 heteroatoms. The van der Waals surface area contributed by atoms with Crippen LogP contribution in [0.2, 0.25) is 0 Å². The number of pyridine rings is 1. The number of nitro groups is 1. The van der Waals surface area contributed by atoms with Crippen molar-refractivity contribution in [1.29, 1.82) is 5.26 Å². The lowest BCUT2D eigenvalue weighted by molar-refractivity contribution is -0.683. The van der Waals surface area contributed by atoms with Crippen LogP contribution in [0.25, 0.3) is 0 Å². The first-order valence-corrected chi connectivity index (χ1v) is 5.77. The van der Waals surface area contributed by atoms with Crippen LogP contribution in [0.4, 0.5) is 5.69 Å². The predicted molar refractivity (Wildman–Crippen MR) is 79.1 cm³/mol. The molecule has 21 heavy (non-hydrogen) atoms. The number of nitrogens with zero attached hydrogens (tertiary/aromatic N) is 3. The van der Waals surface area contributed by atoms with Gasteiger partial charge >= 0.3 is 0 Å². The minimum absolute atomic E-state index is 0. The van der Waals surface area contributed by atoms with Gasteiger partial charge in [-0.05, 0) is 6.07 Å². The summed E-state index contributed by atoms with van der Waals surface area (Å²) >= 11 is 0.